The lowest BCUT2D eigenvalue weighted by Crippen LogP contribution is -2.45. The summed E-state index contributed by atoms with van der Waals surface area (Å²) in [7, 11) is 1.98. The molecule has 1 atom stereocenters. The zero-order chi connectivity index (χ0) is 18.6. The normalized spacial score (nSPS) is 20.0. The summed E-state index contributed by atoms with van der Waals surface area (Å²) in [6.45, 7) is 3.92. The van der Waals surface area contributed by atoms with E-state index in [1.165, 1.54) is 0 Å². The minimum absolute atomic E-state index is 0.242. The highest BCUT2D eigenvalue weighted by atomic mass is 35.5. The summed E-state index contributed by atoms with van der Waals surface area (Å²) in [6, 6.07) is 15.7. The molecular weight excluding hydrogens is 344 g/mol. The van der Waals surface area contributed by atoms with Crippen LogP contribution < -0.4 is 10.2 Å². The van der Waals surface area contributed by atoms with Gasteiger partial charge < -0.3 is 10.2 Å². The van der Waals surface area contributed by atoms with Crippen molar-refractivity contribution in [3.63, 3.8) is 0 Å². The van der Waals surface area contributed by atoms with Crippen molar-refractivity contribution < 1.29 is 4.79 Å². The van der Waals surface area contributed by atoms with Gasteiger partial charge in [-0.1, -0.05) is 43.1 Å². The van der Waals surface area contributed by atoms with Gasteiger partial charge in [0, 0.05) is 30.3 Å². The van der Waals surface area contributed by atoms with Gasteiger partial charge in [0.1, 0.15) is 0 Å². The number of carbonyl (C=O) groups excluding carboxylic acids is 1. The average molecular weight is 371 g/mol. The lowest BCUT2D eigenvalue weighted by Gasteiger charge is -2.36. The fourth-order valence-electron chi connectivity index (χ4n) is 3.97. The highest BCUT2D eigenvalue weighted by Crippen LogP contribution is 2.38. The SMILES string of the molecule is CCCC1(C(=O)c2ccc(Cl)c(N(C)c3ccccc3)c2)CCCNC1. The van der Waals surface area contributed by atoms with Crippen LogP contribution in [0.2, 0.25) is 5.02 Å². The summed E-state index contributed by atoms with van der Waals surface area (Å²) >= 11 is 6.46. The Morgan fingerprint density at radius 2 is 2.00 bits per heavy atom. The third-order valence-electron chi connectivity index (χ3n) is 5.40. The molecule has 2 aromatic rings. The Morgan fingerprint density at radius 1 is 1.23 bits per heavy atom. The van der Waals surface area contributed by atoms with Gasteiger partial charge in [0.15, 0.2) is 5.78 Å². The molecule has 0 spiro atoms. The molecule has 1 N–H and O–H groups in total. The molecule has 1 heterocycles. The lowest BCUT2D eigenvalue weighted by molar-refractivity contribution is 0.0718. The molecule has 0 radical (unpaired) electrons. The van der Waals surface area contributed by atoms with Crippen LogP contribution in [0.4, 0.5) is 11.4 Å². The Balaban J connectivity index is 1.94. The van der Waals surface area contributed by atoms with E-state index in [1.54, 1.807) is 0 Å². The Hall–Kier alpha value is -1.84. The molecule has 2 aromatic carbocycles. The van der Waals surface area contributed by atoms with Crippen LogP contribution >= 0.6 is 11.6 Å². The summed E-state index contributed by atoms with van der Waals surface area (Å²) in [6.07, 6.45) is 3.94. The van der Waals surface area contributed by atoms with Gasteiger partial charge in [-0.2, -0.15) is 0 Å². The summed E-state index contributed by atoms with van der Waals surface area (Å²) in [5, 5.41) is 4.08. The van der Waals surface area contributed by atoms with E-state index in [4.69, 9.17) is 11.6 Å². The second kappa shape index (κ2) is 8.24. The van der Waals surface area contributed by atoms with Crippen LogP contribution in [0.1, 0.15) is 43.0 Å². The number of Topliss-reactive ketones (excluding diaryl/α,β-unsaturated/α-hetero) is 1. The van der Waals surface area contributed by atoms with Crippen molar-refractivity contribution in [1.29, 1.82) is 0 Å². The first kappa shape index (κ1) is 18.9. The Labute approximate surface area is 161 Å². The molecule has 0 aliphatic carbocycles. The van der Waals surface area contributed by atoms with E-state index < -0.39 is 0 Å². The van der Waals surface area contributed by atoms with E-state index in [0.717, 1.165) is 55.7 Å². The first-order valence-corrected chi connectivity index (χ1v) is 9.79. The van der Waals surface area contributed by atoms with Crippen LogP contribution in [0, 0.1) is 5.41 Å². The van der Waals surface area contributed by atoms with E-state index in [2.05, 4.69) is 12.2 Å². The van der Waals surface area contributed by atoms with E-state index >= 15 is 0 Å². The number of benzene rings is 2. The monoisotopic (exact) mass is 370 g/mol. The maximum absolute atomic E-state index is 13.4. The molecule has 1 saturated heterocycles. The number of ketones is 1. The number of piperidine rings is 1. The largest absolute Gasteiger partial charge is 0.343 e. The number of hydrogen-bond acceptors (Lipinski definition) is 3. The second-order valence-corrected chi connectivity index (χ2v) is 7.61. The summed E-state index contributed by atoms with van der Waals surface area (Å²) < 4.78 is 0. The minimum Gasteiger partial charge on any atom is -0.343 e. The number of rotatable bonds is 6. The molecule has 138 valence electrons. The molecule has 0 aromatic heterocycles. The summed E-state index contributed by atoms with van der Waals surface area (Å²) in [5.41, 5.74) is 2.37. The predicted molar refractivity (Wildman–Crippen MR) is 110 cm³/mol. The molecule has 26 heavy (non-hydrogen) atoms. The Morgan fingerprint density at radius 3 is 2.65 bits per heavy atom. The van der Waals surface area contributed by atoms with Crippen molar-refractivity contribution in [1.82, 2.24) is 5.32 Å². The maximum atomic E-state index is 13.4. The van der Waals surface area contributed by atoms with Crippen molar-refractivity contribution in [2.24, 2.45) is 5.41 Å². The van der Waals surface area contributed by atoms with Crippen LogP contribution in [-0.2, 0) is 0 Å². The molecule has 1 fully saturated rings. The van der Waals surface area contributed by atoms with Gasteiger partial charge in [0.2, 0.25) is 0 Å². The number of halogens is 1. The van der Waals surface area contributed by atoms with Gasteiger partial charge in [-0.15, -0.1) is 0 Å². The third-order valence-corrected chi connectivity index (χ3v) is 5.72. The number of nitrogens with one attached hydrogen (secondary N) is 1. The first-order valence-electron chi connectivity index (χ1n) is 9.41. The van der Waals surface area contributed by atoms with Gasteiger partial charge >= 0.3 is 0 Å². The fraction of sp³-hybridized carbons (Fsp3) is 0.409. The summed E-state index contributed by atoms with van der Waals surface area (Å²) in [5.74, 6) is 0.242. The standard InChI is InChI=1S/C22H27ClN2O/c1-3-12-22(13-7-14-24-16-22)21(26)17-10-11-19(23)20(15-17)25(2)18-8-5-4-6-9-18/h4-6,8-11,15,24H,3,7,12-14,16H2,1-2H3. The number of hydrogen-bond donors (Lipinski definition) is 1. The molecule has 0 amide bonds. The van der Waals surface area contributed by atoms with E-state index in [9.17, 15) is 4.79 Å². The van der Waals surface area contributed by atoms with Gasteiger partial charge in [-0.05, 0) is 56.1 Å². The van der Waals surface area contributed by atoms with E-state index in [0.29, 0.717) is 5.02 Å². The molecule has 3 nitrogen and oxygen atoms in total. The second-order valence-electron chi connectivity index (χ2n) is 7.20. The Bertz CT molecular complexity index is 748. The Kier molecular flexibility index (Phi) is 6.00. The molecule has 1 aliphatic heterocycles. The molecule has 0 saturated carbocycles. The van der Waals surface area contributed by atoms with Crippen molar-refractivity contribution in [3.8, 4) is 0 Å². The molecule has 1 aliphatic rings. The minimum atomic E-state index is -0.288. The number of nitrogens with zero attached hydrogens (tertiary/aromatic N) is 1. The first-order chi connectivity index (χ1) is 12.6. The van der Waals surface area contributed by atoms with Crippen molar-refractivity contribution in [2.45, 2.75) is 32.6 Å². The molecule has 4 heteroatoms. The van der Waals surface area contributed by atoms with Crippen LogP contribution in [0.3, 0.4) is 0 Å². The molecular formula is C22H27ClN2O. The van der Waals surface area contributed by atoms with Crippen molar-refractivity contribution in [2.75, 3.05) is 25.0 Å². The number of para-hydroxylation sites is 1. The van der Waals surface area contributed by atoms with Crippen LogP contribution in [-0.4, -0.2) is 25.9 Å². The molecule has 3 rings (SSSR count). The third kappa shape index (κ3) is 3.79. The van der Waals surface area contributed by atoms with Crippen LogP contribution in [0.5, 0.6) is 0 Å². The quantitative estimate of drug-likeness (QED) is 0.685. The maximum Gasteiger partial charge on any atom is 0.170 e. The topological polar surface area (TPSA) is 32.3 Å². The van der Waals surface area contributed by atoms with Gasteiger partial charge in [0.05, 0.1) is 10.7 Å². The average Bonchev–Trinajstić information content (AvgIpc) is 2.69. The zero-order valence-electron chi connectivity index (χ0n) is 15.6. The number of anilines is 2. The predicted octanol–water partition coefficient (Wildman–Crippen LogP) is 5.46. The van der Waals surface area contributed by atoms with Gasteiger partial charge in [-0.3, -0.25) is 4.79 Å². The fourth-order valence-corrected chi connectivity index (χ4v) is 4.22. The van der Waals surface area contributed by atoms with Crippen LogP contribution in [0.15, 0.2) is 48.5 Å². The summed E-state index contributed by atoms with van der Waals surface area (Å²) in [4.78, 5) is 15.5. The highest BCUT2D eigenvalue weighted by molar-refractivity contribution is 6.33. The molecule has 0 bridgehead atoms. The highest BCUT2D eigenvalue weighted by Gasteiger charge is 2.39. The number of carbonyl (C=O) groups is 1. The van der Waals surface area contributed by atoms with E-state index in [1.807, 2.05) is 60.5 Å². The molecule has 1 unspecified atom stereocenters. The van der Waals surface area contributed by atoms with Gasteiger partial charge in [-0.25, -0.2) is 0 Å². The van der Waals surface area contributed by atoms with Gasteiger partial charge in [0.25, 0.3) is 0 Å². The lowest BCUT2D eigenvalue weighted by atomic mass is 9.71. The smallest absolute Gasteiger partial charge is 0.170 e. The van der Waals surface area contributed by atoms with Crippen molar-refractivity contribution >= 4 is 28.8 Å². The van der Waals surface area contributed by atoms with Crippen LogP contribution in [0.25, 0.3) is 0 Å². The van der Waals surface area contributed by atoms with Crippen molar-refractivity contribution in [3.05, 3.63) is 59.1 Å². The van der Waals surface area contributed by atoms with E-state index in [-0.39, 0.29) is 11.2 Å². The zero-order valence-corrected chi connectivity index (χ0v) is 16.4.